The Labute approximate surface area is 90.8 Å². The monoisotopic (exact) mass is 206 g/mol. The summed E-state index contributed by atoms with van der Waals surface area (Å²) >= 11 is 0. The van der Waals surface area contributed by atoms with Gasteiger partial charge in [-0.15, -0.1) is 0 Å². The van der Waals surface area contributed by atoms with Crippen molar-refractivity contribution in [2.45, 2.75) is 25.9 Å². The molecule has 2 N–H and O–H groups in total. The maximum absolute atomic E-state index is 5.60. The van der Waals surface area contributed by atoms with E-state index in [9.17, 15) is 0 Å². The Balaban J connectivity index is 2.03. The highest BCUT2D eigenvalue weighted by Crippen LogP contribution is 2.20. The number of hydrazine groups is 1. The standard InChI is InChI=1S/C12H18N2O/c1-9(2)15-12-5-3-10(4-6-12)11-7-13-14-8-11/h3-6,9,11,13-14H,7-8H2,1-2H3. The Morgan fingerprint density at radius 1 is 1.13 bits per heavy atom. The number of rotatable bonds is 3. The largest absolute Gasteiger partial charge is 0.491 e. The van der Waals surface area contributed by atoms with Gasteiger partial charge in [-0.05, 0) is 31.5 Å². The zero-order valence-corrected chi connectivity index (χ0v) is 9.29. The maximum atomic E-state index is 5.60. The van der Waals surface area contributed by atoms with Crippen LogP contribution in [0.15, 0.2) is 24.3 Å². The van der Waals surface area contributed by atoms with E-state index in [1.165, 1.54) is 5.56 Å². The highest BCUT2D eigenvalue weighted by atomic mass is 16.5. The molecule has 0 spiro atoms. The Morgan fingerprint density at radius 2 is 1.73 bits per heavy atom. The molecule has 1 fully saturated rings. The summed E-state index contributed by atoms with van der Waals surface area (Å²) in [5.74, 6) is 1.53. The number of hydrogen-bond acceptors (Lipinski definition) is 3. The second-order valence-electron chi connectivity index (χ2n) is 4.19. The average molecular weight is 206 g/mol. The van der Waals surface area contributed by atoms with Crippen LogP contribution in [0.5, 0.6) is 5.75 Å². The van der Waals surface area contributed by atoms with Crippen molar-refractivity contribution < 1.29 is 4.74 Å². The van der Waals surface area contributed by atoms with Crippen LogP contribution in [0.1, 0.15) is 25.3 Å². The van der Waals surface area contributed by atoms with E-state index in [1.807, 2.05) is 26.0 Å². The van der Waals surface area contributed by atoms with Crippen LogP contribution >= 0.6 is 0 Å². The van der Waals surface area contributed by atoms with Gasteiger partial charge in [0.1, 0.15) is 5.75 Å². The first kappa shape index (κ1) is 10.5. The molecule has 1 aliphatic rings. The van der Waals surface area contributed by atoms with Crippen molar-refractivity contribution in [3.8, 4) is 5.75 Å². The van der Waals surface area contributed by atoms with Crippen LogP contribution in [0.2, 0.25) is 0 Å². The van der Waals surface area contributed by atoms with Crippen molar-refractivity contribution in [3.63, 3.8) is 0 Å². The minimum Gasteiger partial charge on any atom is -0.491 e. The minimum absolute atomic E-state index is 0.241. The van der Waals surface area contributed by atoms with Crippen LogP contribution in [0.4, 0.5) is 0 Å². The average Bonchev–Trinajstić information content (AvgIpc) is 2.71. The molecule has 3 nitrogen and oxygen atoms in total. The molecule has 1 aromatic carbocycles. The Hall–Kier alpha value is -1.06. The summed E-state index contributed by atoms with van der Waals surface area (Å²) in [6.07, 6.45) is 0.241. The lowest BCUT2D eigenvalue weighted by molar-refractivity contribution is 0.242. The van der Waals surface area contributed by atoms with Crippen LogP contribution in [0, 0.1) is 0 Å². The fourth-order valence-electron chi connectivity index (χ4n) is 1.79. The molecule has 0 radical (unpaired) electrons. The van der Waals surface area contributed by atoms with Crippen molar-refractivity contribution in [2.75, 3.05) is 13.1 Å². The summed E-state index contributed by atoms with van der Waals surface area (Å²) in [5, 5.41) is 0. The van der Waals surface area contributed by atoms with Crippen LogP contribution < -0.4 is 15.6 Å². The van der Waals surface area contributed by atoms with E-state index < -0.39 is 0 Å². The van der Waals surface area contributed by atoms with Crippen LogP contribution in [-0.2, 0) is 0 Å². The van der Waals surface area contributed by atoms with Crippen LogP contribution in [0.3, 0.4) is 0 Å². The second-order valence-corrected chi connectivity index (χ2v) is 4.19. The van der Waals surface area contributed by atoms with Gasteiger partial charge >= 0.3 is 0 Å². The molecule has 0 amide bonds. The van der Waals surface area contributed by atoms with E-state index in [0.29, 0.717) is 5.92 Å². The third-order valence-electron chi connectivity index (χ3n) is 2.55. The molecule has 1 aromatic rings. The van der Waals surface area contributed by atoms with Crippen molar-refractivity contribution in [2.24, 2.45) is 0 Å². The van der Waals surface area contributed by atoms with Crippen molar-refractivity contribution in [1.29, 1.82) is 0 Å². The molecule has 0 atom stereocenters. The number of ether oxygens (including phenoxy) is 1. The van der Waals surface area contributed by atoms with E-state index in [2.05, 4.69) is 23.0 Å². The lowest BCUT2D eigenvalue weighted by atomic mass is 10.0. The van der Waals surface area contributed by atoms with Gasteiger partial charge in [0, 0.05) is 19.0 Å². The minimum atomic E-state index is 0.241. The molecule has 3 heteroatoms. The molecule has 1 heterocycles. The molecule has 0 bridgehead atoms. The highest BCUT2D eigenvalue weighted by Gasteiger charge is 2.15. The van der Waals surface area contributed by atoms with E-state index in [4.69, 9.17) is 4.74 Å². The molecule has 1 aliphatic heterocycles. The van der Waals surface area contributed by atoms with Gasteiger partial charge in [0.05, 0.1) is 6.10 Å². The van der Waals surface area contributed by atoms with E-state index in [1.54, 1.807) is 0 Å². The van der Waals surface area contributed by atoms with Gasteiger partial charge in [-0.3, -0.25) is 10.9 Å². The molecule has 1 saturated heterocycles. The van der Waals surface area contributed by atoms with E-state index in [0.717, 1.165) is 18.8 Å². The normalized spacial score (nSPS) is 17.3. The fourth-order valence-corrected chi connectivity index (χ4v) is 1.79. The fraction of sp³-hybridized carbons (Fsp3) is 0.500. The van der Waals surface area contributed by atoms with E-state index in [-0.39, 0.29) is 6.10 Å². The first-order valence-corrected chi connectivity index (χ1v) is 5.48. The molecule has 0 unspecified atom stereocenters. The van der Waals surface area contributed by atoms with Gasteiger partial charge in [0.15, 0.2) is 0 Å². The first-order valence-electron chi connectivity index (χ1n) is 5.48. The van der Waals surface area contributed by atoms with Gasteiger partial charge in [0.25, 0.3) is 0 Å². The van der Waals surface area contributed by atoms with Crippen LogP contribution in [0.25, 0.3) is 0 Å². The molecular weight excluding hydrogens is 188 g/mol. The van der Waals surface area contributed by atoms with Gasteiger partial charge in [-0.2, -0.15) is 0 Å². The quantitative estimate of drug-likeness (QED) is 0.789. The topological polar surface area (TPSA) is 33.3 Å². The molecule has 2 rings (SSSR count). The molecule has 0 saturated carbocycles. The van der Waals surface area contributed by atoms with Gasteiger partial charge < -0.3 is 4.74 Å². The number of benzene rings is 1. The lowest BCUT2D eigenvalue weighted by Crippen LogP contribution is -2.21. The van der Waals surface area contributed by atoms with Crippen molar-refractivity contribution in [3.05, 3.63) is 29.8 Å². The zero-order chi connectivity index (χ0) is 10.7. The van der Waals surface area contributed by atoms with Gasteiger partial charge in [0.2, 0.25) is 0 Å². The number of hydrogen-bond donors (Lipinski definition) is 2. The third-order valence-corrected chi connectivity index (χ3v) is 2.55. The van der Waals surface area contributed by atoms with E-state index >= 15 is 0 Å². The van der Waals surface area contributed by atoms with Gasteiger partial charge in [-0.1, -0.05) is 12.1 Å². The Bertz CT molecular complexity index is 302. The number of nitrogens with one attached hydrogen (secondary N) is 2. The summed E-state index contributed by atoms with van der Waals surface area (Å²) in [7, 11) is 0. The molecule has 15 heavy (non-hydrogen) atoms. The van der Waals surface area contributed by atoms with Gasteiger partial charge in [-0.25, -0.2) is 0 Å². The molecular formula is C12H18N2O. The first-order chi connectivity index (χ1) is 7.25. The second kappa shape index (κ2) is 4.64. The third kappa shape index (κ3) is 2.70. The molecule has 82 valence electrons. The Kier molecular flexibility index (Phi) is 3.23. The summed E-state index contributed by atoms with van der Waals surface area (Å²) in [6.45, 7) is 6.09. The highest BCUT2D eigenvalue weighted by molar-refractivity contribution is 5.30. The summed E-state index contributed by atoms with van der Waals surface area (Å²) < 4.78 is 5.60. The smallest absolute Gasteiger partial charge is 0.119 e. The lowest BCUT2D eigenvalue weighted by Gasteiger charge is -2.12. The van der Waals surface area contributed by atoms with Crippen molar-refractivity contribution >= 4 is 0 Å². The molecule has 0 aromatic heterocycles. The maximum Gasteiger partial charge on any atom is 0.119 e. The SMILES string of the molecule is CC(C)Oc1ccc(C2CNNC2)cc1. The van der Waals surface area contributed by atoms with Crippen molar-refractivity contribution in [1.82, 2.24) is 10.9 Å². The predicted molar refractivity (Wildman–Crippen MR) is 61.0 cm³/mol. The zero-order valence-electron chi connectivity index (χ0n) is 9.29. The summed E-state index contributed by atoms with van der Waals surface area (Å²) in [5.41, 5.74) is 7.64. The molecule has 0 aliphatic carbocycles. The summed E-state index contributed by atoms with van der Waals surface area (Å²) in [4.78, 5) is 0. The Morgan fingerprint density at radius 3 is 2.27 bits per heavy atom. The van der Waals surface area contributed by atoms with Crippen LogP contribution in [-0.4, -0.2) is 19.2 Å². The summed E-state index contributed by atoms with van der Waals surface area (Å²) in [6, 6.07) is 8.40. The predicted octanol–water partition coefficient (Wildman–Crippen LogP) is 1.67.